The van der Waals surface area contributed by atoms with Gasteiger partial charge in [-0.2, -0.15) is 0 Å². The van der Waals surface area contributed by atoms with Crippen LogP contribution in [0.3, 0.4) is 0 Å². The van der Waals surface area contributed by atoms with Crippen molar-refractivity contribution in [2.75, 3.05) is 11.9 Å². The third-order valence-corrected chi connectivity index (χ3v) is 5.28. The number of anilines is 1. The quantitative estimate of drug-likeness (QED) is 0.691. The summed E-state index contributed by atoms with van der Waals surface area (Å²) < 4.78 is 16.9. The second kappa shape index (κ2) is 7.08. The molecule has 4 rings (SSSR count). The van der Waals surface area contributed by atoms with Gasteiger partial charge in [-0.25, -0.2) is 4.98 Å². The zero-order valence-corrected chi connectivity index (χ0v) is 16.2. The number of furan rings is 1. The van der Waals surface area contributed by atoms with Crippen LogP contribution in [-0.2, 0) is 6.42 Å². The van der Waals surface area contributed by atoms with Crippen LogP contribution < -0.4 is 14.8 Å². The fraction of sp³-hybridized carbons (Fsp3) is 0.300. The molecule has 1 aliphatic rings. The molecule has 0 spiro atoms. The highest BCUT2D eigenvalue weighted by Crippen LogP contribution is 2.38. The number of aromatic nitrogens is 1. The summed E-state index contributed by atoms with van der Waals surface area (Å²) in [5.41, 5.74) is 2.05. The fourth-order valence-corrected chi connectivity index (χ4v) is 3.98. The smallest absolute Gasteiger partial charge is 0.275 e. The molecule has 0 saturated carbocycles. The van der Waals surface area contributed by atoms with E-state index in [1.165, 1.54) is 11.3 Å². The minimum Gasteiger partial charge on any atom is -0.492 e. The Kier molecular flexibility index (Phi) is 4.61. The van der Waals surface area contributed by atoms with E-state index in [9.17, 15) is 4.79 Å². The van der Waals surface area contributed by atoms with Gasteiger partial charge in [-0.15, -0.1) is 11.3 Å². The number of aryl methyl sites for hydroxylation is 1. The third kappa shape index (κ3) is 3.42. The molecule has 3 heterocycles. The average molecular weight is 384 g/mol. The van der Waals surface area contributed by atoms with Crippen LogP contribution in [0.5, 0.6) is 11.5 Å². The minimum absolute atomic E-state index is 0.122. The Balaban J connectivity index is 1.62. The van der Waals surface area contributed by atoms with Crippen LogP contribution in [0.15, 0.2) is 34.9 Å². The van der Waals surface area contributed by atoms with E-state index in [-0.39, 0.29) is 12.0 Å². The summed E-state index contributed by atoms with van der Waals surface area (Å²) in [5, 5.41) is 3.60. The lowest BCUT2D eigenvalue weighted by Crippen LogP contribution is -2.14. The second-order valence-corrected chi connectivity index (χ2v) is 7.58. The lowest BCUT2D eigenvalue weighted by molar-refractivity contribution is 0.102. The number of amides is 1. The van der Waals surface area contributed by atoms with Crippen LogP contribution >= 0.6 is 11.3 Å². The minimum atomic E-state index is -0.284. The summed E-state index contributed by atoms with van der Waals surface area (Å²) in [7, 11) is 0. The molecule has 1 aromatic carbocycles. The number of nitrogens with one attached hydrogen (secondary N) is 1. The summed E-state index contributed by atoms with van der Waals surface area (Å²) in [6, 6.07) is 7.40. The Morgan fingerprint density at radius 3 is 3.04 bits per heavy atom. The molecule has 7 heteroatoms. The zero-order valence-electron chi connectivity index (χ0n) is 15.4. The van der Waals surface area contributed by atoms with Crippen molar-refractivity contribution < 1.29 is 18.7 Å². The maximum absolute atomic E-state index is 12.8. The molecule has 3 aromatic rings. The van der Waals surface area contributed by atoms with Crippen LogP contribution in [-0.4, -0.2) is 23.6 Å². The number of carbonyl (C=O) groups excluding carboxylic acids is 1. The molecule has 2 aromatic heterocycles. The molecule has 1 atom stereocenters. The molecule has 1 aliphatic heterocycles. The Morgan fingerprint density at radius 1 is 1.44 bits per heavy atom. The van der Waals surface area contributed by atoms with Gasteiger partial charge in [0.05, 0.1) is 18.6 Å². The molecular formula is C20H20N2O4S. The number of fused-ring (bicyclic) bond motifs is 1. The predicted octanol–water partition coefficient (Wildman–Crippen LogP) is 4.69. The average Bonchev–Trinajstić information content (AvgIpc) is 3.34. The van der Waals surface area contributed by atoms with Crippen molar-refractivity contribution in [3.05, 3.63) is 46.7 Å². The monoisotopic (exact) mass is 384 g/mol. The first kappa shape index (κ1) is 17.6. The number of hydrogen-bond acceptors (Lipinski definition) is 6. The fourth-order valence-electron chi connectivity index (χ4n) is 3.11. The van der Waals surface area contributed by atoms with Crippen molar-refractivity contribution in [2.45, 2.75) is 33.3 Å². The van der Waals surface area contributed by atoms with Gasteiger partial charge in [0, 0.05) is 22.9 Å². The van der Waals surface area contributed by atoms with Crippen molar-refractivity contribution in [3.8, 4) is 22.3 Å². The van der Waals surface area contributed by atoms with Crippen LogP contribution in [0.25, 0.3) is 10.8 Å². The molecule has 0 aliphatic carbocycles. The highest BCUT2D eigenvalue weighted by molar-refractivity contribution is 7.15. The van der Waals surface area contributed by atoms with E-state index < -0.39 is 0 Å². The lowest BCUT2D eigenvalue weighted by atomic mass is 10.1. The number of benzene rings is 1. The molecule has 0 radical (unpaired) electrons. The zero-order chi connectivity index (χ0) is 19.0. The number of carbonyl (C=O) groups is 1. The van der Waals surface area contributed by atoms with Gasteiger partial charge in [-0.1, -0.05) is 0 Å². The van der Waals surface area contributed by atoms with E-state index in [1.807, 2.05) is 39.0 Å². The highest BCUT2D eigenvalue weighted by atomic mass is 32.1. The van der Waals surface area contributed by atoms with Crippen LogP contribution in [0.1, 0.15) is 34.8 Å². The van der Waals surface area contributed by atoms with Gasteiger partial charge in [-0.05, 0) is 39.0 Å². The van der Waals surface area contributed by atoms with Gasteiger partial charge in [0.2, 0.25) is 0 Å². The summed E-state index contributed by atoms with van der Waals surface area (Å²) in [5.74, 6) is 1.79. The Bertz CT molecular complexity index is 978. The topological polar surface area (TPSA) is 73.6 Å². The molecule has 27 heavy (non-hydrogen) atoms. The molecule has 0 fully saturated rings. The van der Waals surface area contributed by atoms with E-state index in [2.05, 4.69) is 10.3 Å². The molecular weight excluding hydrogens is 364 g/mol. The lowest BCUT2D eigenvalue weighted by Gasteiger charge is -2.13. The maximum Gasteiger partial charge on any atom is 0.275 e. The first-order chi connectivity index (χ1) is 13.0. The summed E-state index contributed by atoms with van der Waals surface area (Å²) in [4.78, 5) is 18.1. The molecule has 6 nitrogen and oxygen atoms in total. The van der Waals surface area contributed by atoms with Gasteiger partial charge in [0.25, 0.3) is 5.91 Å². The Morgan fingerprint density at radius 2 is 2.30 bits per heavy atom. The maximum atomic E-state index is 12.8. The van der Waals surface area contributed by atoms with Crippen molar-refractivity contribution in [1.82, 2.24) is 4.98 Å². The molecule has 1 amide bonds. The van der Waals surface area contributed by atoms with Crippen LogP contribution in [0, 0.1) is 6.92 Å². The van der Waals surface area contributed by atoms with E-state index in [1.54, 1.807) is 12.3 Å². The first-order valence-electron chi connectivity index (χ1n) is 8.84. The summed E-state index contributed by atoms with van der Waals surface area (Å²) in [6.45, 7) is 6.32. The molecule has 0 saturated heterocycles. The third-order valence-electron chi connectivity index (χ3n) is 4.29. The van der Waals surface area contributed by atoms with Gasteiger partial charge >= 0.3 is 0 Å². The Hall–Kier alpha value is -2.80. The number of thiazole rings is 1. The van der Waals surface area contributed by atoms with Crippen LogP contribution in [0.4, 0.5) is 5.69 Å². The molecule has 140 valence electrons. The van der Waals surface area contributed by atoms with Crippen molar-refractivity contribution in [1.29, 1.82) is 0 Å². The highest BCUT2D eigenvalue weighted by Gasteiger charge is 2.24. The normalized spacial score (nSPS) is 15.3. The number of nitrogens with zero attached hydrogens (tertiary/aromatic N) is 1. The first-order valence-corrected chi connectivity index (χ1v) is 9.65. The van der Waals surface area contributed by atoms with Gasteiger partial charge in [0.1, 0.15) is 23.3 Å². The second-order valence-electron chi connectivity index (χ2n) is 6.38. The van der Waals surface area contributed by atoms with Gasteiger partial charge in [0.15, 0.2) is 10.8 Å². The van der Waals surface area contributed by atoms with E-state index >= 15 is 0 Å². The largest absolute Gasteiger partial charge is 0.492 e. The predicted molar refractivity (Wildman–Crippen MR) is 104 cm³/mol. The van der Waals surface area contributed by atoms with Crippen molar-refractivity contribution >= 4 is 22.9 Å². The molecule has 0 unspecified atom stereocenters. The van der Waals surface area contributed by atoms with Crippen molar-refractivity contribution in [2.24, 2.45) is 0 Å². The Labute approximate surface area is 161 Å². The van der Waals surface area contributed by atoms with Gasteiger partial charge < -0.3 is 19.2 Å². The van der Waals surface area contributed by atoms with E-state index in [0.29, 0.717) is 34.5 Å². The number of hydrogen-bond donors (Lipinski definition) is 1. The summed E-state index contributed by atoms with van der Waals surface area (Å²) in [6.07, 6.45) is 2.55. The van der Waals surface area contributed by atoms with Crippen LogP contribution in [0.2, 0.25) is 0 Å². The van der Waals surface area contributed by atoms with E-state index in [0.717, 1.165) is 22.6 Å². The SMILES string of the molecule is CCOc1cc2c(cc1NC(=O)c1nc(-c3ccco3)sc1C)O[C@H](C)C2. The van der Waals surface area contributed by atoms with Crippen molar-refractivity contribution in [3.63, 3.8) is 0 Å². The summed E-state index contributed by atoms with van der Waals surface area (Å²) >= 11 is 1.42. The molecule has 0 bridgehead atoms. The number of rotatable bonds is 5. The number of ether oxygens (including phenoxy) is 2. The van der Waals surface area contributed by atoms with Gasteiger partial charge in [-0.3, -0.25) is 4.79 Å². The standard InChI is InChI=1S/C20H20N2O4S/c1-4-24-17-9-13-8-11(2)26-16(13)10-14(17)21-19(23)18-12(3)27-20(22-18)15-6-5-7-25-15/h5-7,9-11H,4,8H2,1-3H3,(H,21,23)/t11-/m1/s1. The van der Waals surface area contributed by atoms with E-state index in [4.69, 9.17) is 13.9 Å². The molecule has 1 N–H and O–H groups in total.